The van der Waals surface area contributed by atoms with Gasteiger partial charge < -0.3 is 10.2 Å². The predicted octanol–water partition coefficient (Wildman–Crippen LogP) is 5.61. The van der Waals surface area contributed by atoms with E-state index in [1.807, 2.05) is 61.5 Å². The molecule has 0 heterocycles. The molecule has 0 saturated heterocycles. The van der Waals surface area contributed by atoms with E-state index in [9.17, 15) is 18.0 Å². The van der Waals surface area contributed by atoms with Crippen molar-refractivity contribution in [1.29, 1.82) is 0 Å². The molecule has 1 N–H and O–H groups in total. The second-order valence-corrected chi connectivity index (χ2v) is 13.6. The van der Waals surface area contributed by atoms with Crippen molar-refractivity contribution in [2.45, 2.75) is 64.1 Å². The van der Waals surface area contributed by atoms with E-state index in [0.717, 1.165) is 63.8 Å². The van der Waals surface area contributed by atoms with Crippen LogP contribution in [0.3, 0.4) is 0 Å². The summed E-state index contributed by atoms with van der Waals surface area (Å²) in [5.41, 5.74) is 3.20. The second kappa shape index (κ2) is 14.1. The van der Waals surface area contributed by atoms with Crippen molar-refractivity contribution in [3.05, 3.63) is 100 Å². The molecule has 0 aliphatic heterocycles. The topological polar surface area (TPSA) is 86.8 Å². The third kappa shape index (κ3) is 8.66. The van der Waals surface area contributed by atoms with Gasteiger partial charge in [-0.2, -0.15) is 0 Å². The van der Waals surface area contributed by atoms with Gasteiger partial charge in [0.05, 0.1) is 11.9 Å². The quantitative estimate of drug-likeness (QED) is 0.295. The van der Waals surface area contributed by atoms with Gasteiger partial charge >= 0.3 is 0 Å². The number of benzene rings is 3. The van der Waals surface area contributed by atoms with E-state index in [4.69, 9.17) is 0 Å². The number of nitrogens with zero attached hydrogens (tertiary/aromatic N) is 2. The number of carbonyl (C=O) groups excluding carboxylic acids is 2. The van der Waals surface area contributed by atoms with E-state index in [1.54, 1.807) is 29.2 Å². The van der Waals surface area contributed by atoms with Crippen molar-refractivity contribution >= 4 is 43.5 Å². The summed E-state index contributed by atoms with van der Waals surface area (Å²) in [5, 5.41) is 3.23. The lowest BCUT2D eigenvalue weighted by molar-refractivity contribution is -0.140. The van der Waals surface area contributed by atoms with E-state index in [1.165, 1.54) is 0 Å². The van der Waals surface area contributed by atoms with Gasteiger partial charge in [-0.05, 0) is 60.7 Å². The minimum Gasteiger partial charge on any atom is -0.352 e. The van der Waals surface area contributed by atoms with Gasteiger partial charge in [0.25, 0.3) is 0 Å². The number of sulfonamides is 1. The maximum absolute atomic E-state index is 14.2. The van der Waals surface area contributed by atoms with Crippen LogP contribution in [0.25, 0.3) is 0 Å². The maximum atomic E-state index is 14.2. The molecule has 4 rings (SSSR count). The summed E-state index contributed by atoms with van der Waals surface area (Å²) in [5.74, 6) is -0.654. The van der Waals surface area contributed by atoms with Gasteiger partial charge in [0.2, 0.25) is 21.8 Å². The Morgan fingerprint density at radius 3 is 2.20 bits per heavy atom. The molecule has 3 aromatic rings. The first-order chi connectivity index (χ1) is 19.6. The molecule has 1 atom stereocenters. The molecule has 1 fully saturated rings. The highest BCUT2D eigenvalue weighted by Crippen LogP contribution is 2.24. The molecule has 1 aliphatic rings. The van der Waals surface area contributed by atoms with Gasteiger partial charge in [0.1, 0.15) is 12.6 Å². The number of rotatable bonds is 11. The Bertz CT molecular complexity index is 1420. The standard InChI is InChI=1S/C32H38BrN3O4S/c1-24-11-9-10-14-26(24)22-35(31(37)23-36(41(2,39)40)29-19-17-27(33)18-20-29)30(21-25-12-5-3-6-13-25)32(38)34-28-15-7-4-8-16-28/h3,5-6,9-14,17-20,28,30H,4,7-8,15-16,21-23H2,1-2H3,(H,34,38)/t30-/m0/s1. The highest BCUT2D eigenvalue weighted by molar-refractivity contribution is 9.10. The van der Waals surface area contributed by atoms with Gasteiger partial charge in [-0.1, -0.05) is 89.8 Å². The molecule has 1 saturated carbocycles. The fourth-order valence-electron chi connectivity index (χ4n) is 5.29. The van der Waals surface area contributed by atoms with Crippen molar-refractivity contribution in [2.24, 2.45) is 0 Å². The molecular formula is C32H38BrN3O4S. The fourth-order valence-corrected chi connectivity index (χ4v) is 6.40. The normalized spacial score (nSPS) is 14.7. The Morgan fingerprint density at radius 2 is 1.56 bits per heavy atom. The summed E-state index contributed by atoms with van der Waals surface area (Å²) in [6, 6.07) is 23.4. The van der Waals surface area contributed by atoms with Crippen LogP contribution in [-0.2, 0) is 32.6 Å². The first-order valence-electron chi connectivity index (χ1n) is 14.0. The van der Waals surface area contributed by atoms with Gasteiger partial charge in [0, 0.05) is 23.5 Å². The Labute approximate surface area is 252 Å². The van der Waals surface area contributed by atoms with Crippen LogP contribution >= 0.6 is 15.9 Å². The van der Waals surface area contributed by atoms with Gasteiger partial charge in [0.15, 0.2) is 0 Å². The minimum absolute atomic E-state index is 0.0696. The van der Waals surface area contributed by atoms with Crippen LogP contribution in [0.5, 0.6) is 0 Å². The molecule has 2 amide bonds. The summed E-state index contributed by atoms with van der Waals surface area (Å²) in [6.07, 6.45) is 6.53. The molecule has 1 aliphatic carbocycles. The van der Waals surface area contributed by atoms with Crippen molar-refractivity contribution in [2.75, 3.05) is 17.1 Å². The number of anilines is 1. The average Bonchev–Trinajstić information content (AvgIpc) is 2.95. The highest BCUT2D eigenvalue weighted by atomic mass is 79.9. The molecule has 7 nitrogen and oxygen atoms in total. The molecule has 0 spiro atoms. The highest BCUT2D eigenvalue weighted by Gasteiger charge is 2.34. The first-order valence-corrected chi connectivity index (χ1v) is 16.7. The predicted molar refractivity (Wildman–Crippen MR) is 167 cm³/mol. The SMILES string of the molecule is Cc1ccccc1CN(C(=O)CN(c1ccc(Br)cc1)S(C)(=O)=O)[C@@H](Cc1ccccc1)C(=O)NC1CCCCC1. The first kappa shape index (κ1) is 30.8. The van der Waals surface area contributed by atoms with Crippen LogP contribution < -0.4 is 9.62 Å². The van der Waals surface area contributed by atoms with Crippen molar-refractivity contribution in [3.63, 3.8) is 0 Å². The minimum atomic E-state index is -3.80. The van der Waals surface area contributed by atoms with Crippen molar-refractivity contribution < 1.29 is 18.0 Å². The summed E-state index contributed by atoms with van der Waals surface area (Å²) in [4.78, 5) is 29.8. The summed E-state index contributed by atoms with van der Waals surface area (Å²) >= 11 is 3.38. The number of halogens is 1. The molecule has 3 aromatic carbocycles. The van der Waals surface area contributed by atoms with E-state index in [2.05, 4.69) is 21.2 Å². The lowest BCUT2D eigenvalue weighted by Gasteiger charge is -2.35. The van der Waals surface area contributed by atoms with E-state index < -0.39 is 28.5 Å². The Morgan fingerprint density at radius 1 is 0.927 bits per heavy atom. The van der Waals surface area contributed by atoms with E-state index in [0.29, 0.717) is 12.1 Å². The average molecular weight is 641 g/mol. The fraction of sp³-hybridized carbons (Fsp3) is 0.375. The van der Waals surface area contributed by atoms with Crippen molar-refractivity contribution in [1.82, 2.24) is 10.2 Å². The number of aryl methyl sites for hydroxylation is 1. The van der Waals surface area contributed by atoms with Crippen LogP contribution in [-0.4, -0.2) is 50.0 Å². The number of nitrogens with one attached hydrogen (secondary N) is 1. The number of carbonyl (C=O) groups is 2. The molecule has 0 radical (unpaired) electrons. The number of hydrogen-bond acceptors (Lipinski definition) is 4. The van der Waals surface area contributed by atoms with Crippen molar-refractivity contribution in [3.8, 4) is 0 Å². The molecule has 0 aromatic heterocycles. The smallest absolute Gasteiger partial charge is 0.244 e. The third-order valence-electron chi connectivity index (χ3n) is 7.62. The molecule has 0 unspecified atom stereocenters. The molecule has 0 bridgehead atoms. The lowest BCUT2D eigenvalue weighted by Crippen LogP contribution is -2.55. The van der Waals surface area contributed by atoms with E-state index in [-0.39, 0.29) is 18.5 Å². The zero-order valence-corrected chi connectivity index (χ0v) is 26.0. The zero-order valence-electron chi connectivity index (χ0n) is 23.6. The maximum Gasteiger partial charge on any atom is 0.244 e. The van der Waals surface area contributed by atoms with E-state index >= 15 is 0 Å². The van der Waals surface area contributed by atoms with Crippen LogP contribution in [0.15, 0.2) is 83.3 Å². The second-order valence-electron chi connectivity index (χ2n) is 10.7. The lowest BCUT2D eigenvalue weighted by atomic mass is 9.94. The van der Waals surface area contributed by atoms with Gasteiger partial charge in [-0.3, -0.25) is 13.9 Å². The molecule has 218 valence electrons. The molecule has 9 heteroatoms. The molecular weight excluding hydrogens is 602 g/mol. The summed E-state index contributed by atoms with van der Waals surface area (Å²) in [6.45, 7) is 1.73. The Kier molecular flexibility index (Phi) is 10.6. The zero-order chi connectivity index (χ0) is 29.4. The van der Waals surface area contributed by atoms with Crippen LogP contribution in [0.1, 0.15) is 48.8 Å². The number of hydrogen-bond donors (Lipinski definition) is 1. The largest absolute Gasteiger partial charge is 0.352 e. The van der Waals surface area contributed by atoms with Crippen LogP contribution in [0, 0.1) is 6.92 Å². The van der Waals surface area contributed by atoms with Crippen LogP contribution in [0.2, 0.25) is 0 Å². The monoisotopic (exact) mass is 639 g/mol. The number of amides is 2. The van der Waals surface area contributed by atoms with Gasteiger partial charge in [-0.25, -0.2) is 8.42 Å². The van der Waals surface area contributed by atoms with Gasteiger partial charge in [-0.15, -0.1) is 0 Å². The Balaban J connectivity index is 1.72. The summed E-state index contributed by atoms with van der Waals surface area (Å²) in [7, 11) is -3.80. The third-order valence-corrected chi connectivity index (χ3v) is 9.29. The molecule has 41 heavy (non-hydrogen) atoms. The van der Waals surface area contributed by atoms with Crippen LogP contribution in [0.4, 0.5) is 5.69 Å². The Hall–Kier alpha value is -3.17. The summed E-state index contributed by atoms with van der Waals surface area (Å²) < 4.78 is 27.7.